The molecule has 2 rings (SSSR count). The third-order valence-electron chi connectivity index (χ3n) is 4.59. The molecule has 4 heteroatoms. The maximum absolute atomic E-state index is 6.19. The van der Waals surface area contributed by atoms with Gasteiger partial charge < -0.3 is 5.73 Å². The molecule has 0 saturated heterocycles. The number of nitrogens with zero attached hydrogens (tertiary/aromatic N) is 1. The summed E-state index contributed by atoms with van der Waals surface area (Å²) in [5, 5.41) is 0. The fourth-order valence-corrected chi connectivity index (χ4v) is 4.99. The molecular weight excluding hydrogens is 344 g/mol. The van der Waals surface area contributed by atoms with Crippen molar-refractivity contribution in [2.45, 2.75) is 65.0 Å². The van der Waals surface area contributed by atoms with E-state index in [1.807, 2.05) is 11.3 Å². The zero-order valence-electron chi connectivity index (χ0n) is 13.6. The van der Waals surface area contributed by atoms with E-state index in [0.29, 0.717) is 6.04 Å². The van der Waals surface area contributed by atoms with Gasteiger partial charge in [-0.1, -0.05) is 26.7 Å². The van der Waals surface area contributed by atoms with Crippen molar-refractivity contribution in [3.05, 3.63) is 20.3 Å². The first-order valence-corrected chi connectivity index (χ1v) is 9.85. The zero-order valence-corrected chi connectivity index (χ0v) is 16.0. The van der Waals surface area contributed by atoms with Crippen LogP contribution in [0.2, 0.25) is 0 Å². The van der Waals surface area contributed by atoms with Gasteiger partial charge in [-0.2, -0.15) is 0 Å². The Balaban J connectivity index is 2.18. The molecule has 0 amide bonds. The van der Waals surface area contributed by atoms with Crippen molar-refractivity contribution >= 4 is 27.3 Å². The summed E-state index contributed by atoms with van der Waals surface area (Å²) in [4.78, 5) is 5.50. The van der Waals surface area contributed by atoms with Crippen LogP contribution < -0.4 is 5.73 Å². The molecule has 120 valence electrons. The summed E-state index contributed by atoms with van der Waals surface area (Å²) in [5.41, 5.74) is 6.19. The average Bonchev–Trinajstić information content (AvgIpc) is 3.05. The Kier molecular flexibility index (Phi) is 6.73. The molecule has 1 aliphatic rings. The Bertz CT molecular complexity index is 418. The van der Waals surface area contributed by atoms with Crippen LogP contribution in [-0.2, 0) is 0 Å². The number of hydrogen-bond donors (Lipinski definition) is 1. The second kappa shape index (κ2) is 8.09. The zero-order chi connectivity index (χ0) is 15.4. The van der Waals surface area contributed by atoms with Crippen molar-refractivity contribution in [3.63, 3.8) is 0 Å². The van der Waals surface area contributed by atoms with Gasteiger partial charge in [0.2, 0.25) is 0 Å². The Morgan fingerprint density at radius 3 is 2.52 bits per heavy atom. The van der Waals surface area contributed by atoms with Crippen LogP contribution in [0, 0.1) is 12.8 Å². The third kappa shape index (κ3) is 4.54. The van der Waals surface area contributed by atoms with Gasteiger partial charge in [-0.3, -0.25) is 4.90 Å². The van der Waals surface area contributed by atoms with Gasteiger partial charge in [0.1, 0.15) is 0 Å². The highest BCUT2D eigenvalue weighted by Crippen LogP contribution is 2.36. The highest BCUT2D eigenvalue weighted by Gasteiger charge is 2.30. The summed E-state index contributed by atoms with van der Waals surface area (Å²) >= 11 is 5.56. The van der Waals surface area contributed by atoms with Crippen LogP contribution in [0.5, 0.6) is 0 Å². The van der Waals surface area contributed by atoms with E-state index in [1.165, 1.54) is 52.9 Å². The van der Waals surface area contributed by atoms with E-state index in [2.05, 4.69) is 47.7 Å². The second-order valence-corrected chi connectivity index (χ2v) is 8.81. The molecule has 2 nitrogen and oxygen atoms in total. The minimum Gasteiger partial charge on any atom is -0.329 e. The van der Waals surface area contributed by atoms with E-state index >= 15 is 0 Å². The van der Waals surface area contributed by atoms with Crippen molar-refractivity contribution < 1.29 is 0 Å². The SMILES string of the molecule is Cc1sc(C(CN)N(CCC(C)C)C2CCCC2)cc1Br. The van der Waals surface area contributed by atoms with Gasteiger partial charge in [0.05, 0.1) is 6.04 Å². The van der Waals surface area contributed by atoms with Crippen LogP contribution in [0.4, 0.5) is 0 Å². The van der Waals surface area contributed by atoms with Gasteiger partial charge in [0, 0.05) is 26.8 Å². The average molecular weight is 373 g/mol. The number of aryl methyl sites for hydroxylation is 1. The molecule has 0 aromatic carbocycles. The molecule has 21 heavy (non-hydrogen) atoms. The van der Waals surface area contributed by atoms with E-state index in [9.17, 15) is 0 Å². The van der Waals surface area contributed by atoms with Gasteiger partial charge in [-0.15, -0.1) is 11.3 Å². The number of halogens is 1. The monoisotopic (exact) mass is 372 g/mol. The number of rotatable bonds is 7. The smallest absolute Gasteiger partial charge is 0.0567 e. The molecule has 0 spiro atoms. The molecule has 0 bridgehead atoms. The van der Waals surface area contributed by atoms with Gasteiger partial charge in [-0.05, 0) is 60.6 Å². The lowest BCUT2D eigenvalue weighted by Gasteiger charge is -2.36. The van der Waals surface area contributed by atoms with Crippen LogP contribution in [0.25, 0.3) is 0 Å². The van der Waals surface area contributed by atoms with E-state index in [4.69, 9.17) is 5.73 Å². The maximum Gasteiger partial charge on any atom is 0.0567 e. The fraction of sp³-hybridized carbons (Fsp3) is 0.765. The molecule has 1 atom stereocenters. The van der Waals surface area contributed by atoms with Crippen LogP contribution in [0.3, 0.4) is 0 Å². The summed E-state index contributed by atoms with van der Waals surface area (Å²) in [5.74, 6) is 0.754. The molecule has 1 aromatic rings. The van der Waals surface area contributed by atoms with Gasteiger partial charge in [0.25, 0.3) is 0 Å². The molecule has 1 unspecified atom stereocenters. The third-order valence-corrected chi connectivity index (χ3v) is 6.82. The summed E-state index contributed by atoms with van der Waals surface area (Å²) < 4.78 is 1.23. The van der Waals surface area contributed by atoms with Crippen LogP contribution in [0.1, 0.15) is 61.7 Å². The first kappa shape index (κ1) is 17.5. The summed E-state index contributed by atoms with van der Waals surface area (Å²) in [6, 6.07) is 3.41. The van der Waals surface area contributed by atoms with E-state index < -0.39 is 0 Å². The lowest BCUT2D eigenvalue weighted by Crippen LogP contribution is -2.41. The van der Waals surface area contributed by atoms with E-state index in [-0.39, 0.29) is 0 Å². The normalized spacial score (nSPS) is 18.0. The molecule has 2 N–H and O–H groups in total. The van der Waals surface area contributed by atoms with Crippen LogP contribution >= 0.6 is 27.3 Å². The molecule has 1 heterocycles. The number of thiophene rings is 1. The van der Waals surface area contributed by atoms with Gasteiger partial charge in [0.15, 0.2) is 0 Å². The van der Waals surface area contributed by atoms with Crippen molar-refractivity contribution in [2.75, 3.05) is 13.1 Å². The van der Waals surface area contributed by atoms with Crippen molar-refractivity contribution in [1.82, 2.24) is 4.90 Å². The van der Waals surface area contributed by atoms with E-state index in [0.717, 1.165) is 18.5 Å². The van der Waals surface area contributed by atoms with Gasteiger partial charge in [-0.25, -0.2) is 0 Å². The summed E-state index contributed by atoms with van der Waals surface area (Å²) in [6.07, 6.45) is 6.72. The molecule has 0 radical (unpaired) electrons. The van der Waals surface area contributed by atoms with E-state index in [1.54, 1.807) is 0 Å². The highest BCUT2D eigenvalue weighted by atomic mass is 79.9. The van der Waals surface area contributed by atoms with Crippen molar-refractivity contribution in [3.8, 4) is 0 Å². The van der Waals surface area contributed by atoms with Crippen molar-refractivity contribution in [2.24, 2.45) is 11.7 Å². The Morgan fingerprint density at radius 1 is 1.38 bits per heavy atom. The van der Waals surface area contributed by atoms with Gasteiger partial charge >= 0.3 is 0 Å². The topological polar surface area (TPSA) is 29.3 Å². The number of hydrogen-bond acceptors (Lipinski definition) is 3. The maximum atomic E-state index is 6.19. The highest BCUT2D eigenvalue weighted by molar-refractivity contribution is 9.10. The molecule has 1 aromatic heterocycles. The molecule has 0 aliphatic heterocycles. The standard InChI is InChI=1S/C17H29BrN2S/c1-12(2)8-9-20(14-6-4-5-7-14)16(11-19)17-10-15(18)13(3)21-17/h10,12,14,16H,4-9,11,19H2,1-3H3. The lowest BCUT2D eigenvalue weighted by molar-refractivity contribution is 0.133. The molecule has 1 saturated carbocycles. The fourth-order valence-electron chi connectivity index (χ4n) is 3.30. The summed E-state index contributed by atoms with van der Waals surface area (Å²) in [6.45, 7) is 8.71. The predicted octanol–water partition coefficient (Wildman–Crippen LogP) is 5.11. The summed E-state index contributed by atoms with van der Waals surface area (Å²) in [7, 11) is 0. The number of nitrogens with two attached hydrogens (primary N) is 1. The quantitative estimate of drug-likeness (QED) is 0.720. The molecule has 1 aliphatic carbocycles. The Hall–Kier alpha value is 0.100. The molecule has 1 fully saturated rings. The lowest BCUT2D eigenvalue weighted by atomic mass is 10.1. The van der Waals surface area contributed by atoms with Crippen molar-refractivity contribution in [1.29, 1.82) is 0 Å². The first-order valence-electron chi connectivity index (χ1n) is 8.24. The minimum atomic E-state index is 0.391. The first-order chi connectivity index (χ1) is 10.0. The Labute approximate surface area is 142 Å². The van der Waals surface area contributed by atoms with Crippen LogP contribution in [-0.4, -0.2) is 24.0 Å². The second-order valence-electron chi connectivity index (χ2n) is 6.66. The van der Waals surface area contributed by atoms with Crippen LogP contribution in [0.15, 0.2) is 10.5 Å². The Morgan fingerprint density at radius 2 is 2.05 bits per heavy atom. The predicted molar refractivity (Wildman–Crippen MR) is 97.0 cm³/mol. The molecular formula is C17H29BrN2S. The largest absolute Gasteiger partial charge is 0.329 e. The minimum absolute atomic E-state index is 0.391.